The van der Waals surface area contributed by atoms with Crippen molar-refractivity contribution in [1.82, 2.24) is 10.6 Å². The number of nitrogens with one attached hydrogen (secondary N) is 2. The van der Waals surface area contributed by atoms with E-state index >= 15 is 0 Å². The summed E-state index contributed by atoms with van der Waals surface area (Å²) in [6, 6.07) is -0.598. The Balaban J connectivity index is 2.35. The maximum Gasteiger partial charge on any atom is 0.321 e. The maximum atomic E-state index is 11.6. The molecule has 0 heterocycles. The first-order valence-corrected chi connectivity index (χ1v) is 6.67. The number of urea groups is 1. The number of amides is 3. The summed E-state index contributed by atoms with van der Waals surface area (Å²) in [7, 11) is 0. The molecule has 2 atom stereocenters. The average Bonchev–Trinajstić information content (AvgIpc) is 2.39. The van der Waals surface area contributed by atoms with Crippen molar-refractivity contribution in [2.45, 2.75) is 38.6 Å². The molecule has 0 aromatic carbocycles. The molecule has 6 heteroatoms. The largest absolute Gasteiger partial charge is 0.501 e. The van der Waals surface area contributed by atoms with Gasteiger partial charge in [0, 0.05) is 24.6 Å². The minimum absolute atomic E-state index is 0.0587. The third-order valence-electron chi connectivity index (χ3n) is 3.18. The van der Waals surface area contributed by atoms with Crippen molar-refractivity contribution in [3.05, 3.63) is 12.3 Å². The Hall–Kier alpha value is -1.56. The molecule has 1 fully saturated rings. The summed E-state index contributed by atoms with van der Waals surface area (Å²) >= 11 is 0. The second kappa shape index (κ2) is 8.53. The summed E-state index contributed by atoms with van der Waals surface area (Å²) in [5, 5.41) is 14.2. The minimum Gasteiger partial charge on any atom is -0.501 e. The van der Waals surface area contributed by atoms with Crippen molar-refractivity contribution in [1.29, 1.82) is 0 Å². The molecule has 1 aliphatic rings. The van der Waals surface area contributed by atoms with E-state index in [1.54, 1.807) is 6.92 Å². The van der Waals surface area contributed by atoms with Crippen LogP contribution in [0.5, 0.6) is 0 Å². The lowest BCUT2D eigenvalue weighted by Crippen LogP contribution is -2.48. The number of carbonyl (C=O) groups excluding carboxylic acids is 2. The predicted octanol–water partition coefficient (Wildman–Crippen LogP) is 0.913. The van der Waals surface area contributed by atoms with Crippen LogP contribution in [0.3, 0.4) is 0 Å². The van der Waals surface area contributed by atoms with Crippen molar-refractivity contribution in [3.63, 3.8) is 0 Å². The van der Waals surface area contributed by atoms with E-state index in [9.17, 15) is 14.7 Å². The molecule has 0 bridgehead atoms. The zero-order valence-electron chi connectivity index (χ0n) is 11.2. The van der Waals surface area contributed by atoms with Gasteiger partial charge in [-0.15, -0.1) is 0 Å². The summed E-state index contributed by atoms with van der Waals surface area (Å²) < 4.78 is 4.86. The zero-order chi connectivity index (χ0) is 14.1. The van der Waals surface area contributed by atoms with Crippen LogP contribution in [0, 0.1) is 5.92 Å². The van der Waals surface area contributed by atoms with Crippen LogP contribution in [0.4, 0.5) is 4.79 Å². The van der Waals surface area contributed by atoms with Gasteiger partial charge in [0.25, 0.3) is 5.91 Å². The summed E-state index contributed by atoms with van der Waals surface area (Å²) in [6.07, 6.45) is 6.25. The topological polar surface area (TPSA) is 87.7 Å². The second-order valence-electron chi connectivity index (χ2n) is 4.55. The molecule has 0 aliphatic heterocycles. The minimum atomic E-state index is -0.531. The molecule has 0 aromatic heterocycles. The van der Waals surface area contributed by atoms with Crippen molar-refractivity contribution in [2.75, 3.05) is 13.2 Å². The van der Waals surface area contributed by atoms with Crippen LogP contribution in [0.25, 0.3) is 0 Å². The zero-order valence-corrected chi connectivity index (χ0v) is 11.2. The highest BCUT2D eigenvalue weighted by atomic mass is 16.5. The Morgan fingerprint density at radius 1 is 1.37 bits per heavy atom. The second-order valence-corrected chi connectivity index (χ2v) is 4.55. The molecule has 6 nitrogen and oxygen atoms in total. The van der Waals surface area contributed by atoms with Crippen LogP contribution < -0.4 is 10.6 Å². The highest BCUT2D eigenvalue weighted by Gasteiger charge is 2.25. The Morgan fingerprint density at radius 3 is 2.79 bits per heavy atom. The van der Waals surface area contributed by atoms with Gasteiger partial charge in [-0.05, 0) is 19.8 Å². The fraction of sp³-hybridized carbons (Fsp3) is 0.692. The van der Waals surface area contributed by atoms with Crippen molar-refractivity contribution < 1.29 is 19.4 Å². The van der Waals surface area contributed by atoms with Crippen LogP contribution in [0.1, 0.15) is 32.6 Å². The van der Waals surface area contributed by atoms with Crippen LogP contribution in [-0.2, 0) is 9.53 Å². The number of ether oxygens (including phenoxy) is 1. The van der Waals surface area contributed by atoms with Crippen molar-refractivity contribution in [3.8, 4) is 0 Å². The van der Waals surface area contributed by atoms with Gasteiger partial charge in [0.1, 0.15) is 0 Å². The van der Waals surface area contributed by atoms with Crippen LogP contribution in [0.2, 0.25) is 0 Å². The number of carbonyl (C=O) groups is 2. The molecule has 0 unspecified atom stereocenters. The van der Waals surface area contributed by atoms with E-state index in [1.807, 2.05) is 0 Å². The quantitative estimate of drug-likeness (QED) is 0.512. The summed E-state index contributed by atoms with van der Waals surface area (Å²) in [5.41, 5.74) is 0. The van der Waals surface area contributed by atoms with Crippen LogP contribution in [0.15, 0.2) is 12.3 Å². The average molecular weight is 270 g/mol. The maximum absolute atomic E-state index is 11.6. The number of hydrogen-bond acceptors (Lipinski definition) is 4. The lowest BCUT2D eigenvalue weighted by molar-refractivity contribution is -0.115. The molecule has 108 valence electrons. The number of aliphatic hydroxyl groups is 1. The van der Waals surface area contributed by atoms with E-state index in [0.29, 0.717) is 6.61 Å². The van der Waals surface area contributed by atoms with Gasteiger partial charge in [-0.25, -0.2) is 4.79 Å². The molecule has 0 aromatic rings. The molecule has 0 saturated heterocycles. The van der Waals surface area contributed by atoms with Crippen molar-refractivity contribution in [2.24, 2.45) is 5.92 Å². The third-order valence-corrected chi connectivity index (χ3v) is 3.18. The molecule has 3 N–H and O–H groups in total. The van der Waals surface area contributed by atoms with E-state index in [-0.39, 0.29) is 18.6 Å². The fourth-order valence-corrected chi connectivity index (χ4v) is 2.18. The SMILES string of the molecule is CCO/C=C/C(=O)NC(=O)N[C@@H]1CCCC[C@@H]1CO. The number of rotatable bonds is 5. The lowest BCUT2D eigenvalue weighted by atomic mass is 9.85. The third kappa shape index (κ3) is 5.74. The standard InChI is InChI=1S/C13H22N2O4/c1-2-19-8-7-12(17)15-13(18)14-11-6-4-3-5-10(11)9-16/h7-8,10-11,16H,2-6,9H2,1H3,(H2,14,15,17,18)/b8-7+/t10-,11-/m1/s1. The van der Waals surface area contributed by atoms with Gasteiger partial charge in [-0.1, -0.05) is 12.8 Å². The van der Waals surface area contributed by atoms with E-state index in [0.717, 1.165) is 31.8 Å². The van der Waals surface area contributed by atoms with E-state index in [4.69, 9.17) is 4.74 Å². The van der Waals surface area contributed by atoms with Gasteiger partial charge in [0.05, 0.1) is 12.9 Å². The highest BCUT2D eigenvalue weighted by Crippen LogP contribution is 2.23. The van der Waals surface area contributed by atoms with Gasteiger partial charge < -0.3 is 15.2 Å². The van der Waals surface area contributed by atoms with E-state index < -0.39 is 11.9 Å². The van der Waals surface area contributed by atoms with E-state index in [2.05, 4.69) is 10.6 Å². The molecule has 0 radical (unpaired) electrons. The van der Waals surface area contributed by atoms with Gasteiger partial charge in [-0.3, -0.25) is 10.1 Å². The normalized spacial score (nSPS) is 23.1. The number of aliphatic hydroxyl groups excluding tert-OH is 1. The van der Waals surface area contributed by atoms with Gasteiger partial charge in [-0.2, -0.15) is 0 Å². The number of imide groups is 1. The first-order chi connectivity index (χ1) is 9.17. The van der Waals surface area contributed by atoms with Crippen molar-refractivity contribution >= 4 is 11.9 Å². The van der Waals surface area contributed by atoms with E-state index in [1.165, 1.54) is 6.26 Å². The Labute approximate surface area is 113 Å². The molecule has 0 spiro atoms. The Morgan fingerprint density at radius 2 is 2.11 bits per heavy atom. The Kier molecular flexibility index (Phi) is 6.95. The van der Waals surface area contributed by atoms with Crippen LogP contribution >= 0.6 is 0 Å². The van der Waals surface area contributed by atoms with Crippen LogP contribution in [-0.4, -0.2) is 36.3 Å². The monoisotopic (exact) mass is 270 g/mol. The molecule has 1 aliphatic carbocycles. The van der Waals surface area contributed by atoms with Gasteiger partial charge in [0.2, 0.25) is 0 Å². The smallest absolute Gasteiger partial charge is 0.321 e. The summed E-state index contributed by atoms with van der Waals surface area (Å²) in [6.45, 7) is 2.33. The molecule has 1 saturated carbocycles. The van der Waals surface area contributed by atoms with Gasteiger partial charge >= 0.3 is 6.03 Å². The first-order valence-electron chi connectivity index (χ1n) is 6.67. The summed E-state index contributed by atoms with van der Waals surface area (Å²) in [5.74, 6) is -0.448. The molecule has 3 amide bonds. The highest BCUT2D eigenvalue weighted by molar-refractivity contribution is 6.00. The fourth-order valence-electron chi connectivity index (χ4n) is 2.18. The molecular formula is C13H22N2O4. The number of hydrogen-bond donors (Lipinski definition) is 3. The summed E-state index contributed by atoms with van der Waals surface area (Å²) in [4.78, 5) is 22.9. The molecule has 19 heavy (non-hydrogen) atoms. The predicted molar refractivity (Wildman–Crippen MR) is 70.3 cm³/mol. The Bertz CT molecular complexity index is 331. The molecular weight excluding hydrogens is 248 g/mol. The lowest BCUT2D eigenvalue weighted by Gasteiger charge is -2.30. The first kappa shape index (κ1) is 15.5. The van der Waals surface area contributed by atoms with Gasteiger partial charge in [0.15, 0.2) is 0 Å². The molecule has 1 rings (SSSR count).